The molecule has 0 spiro atoms. The van der Waals surface area contributed by atoms with Crippen molar-refractivity contribution in [1.82, 2.24) is 4.98 Å². The van der Waals surface area contributed by atoms with Gasteiger partial charge in [-0.3, -0.25) is 0 Å². The summed E-state index contributed by atoms with van der Waals surface area (Å²) in [5, 5.41) is 0.952. The Bertz CT molecular complexity index is 440. The summed E-state index contributed by atoms with van der Waals surface area (Å²) in [5.74, 6) is 0. The molecule has 14 heavy (non-hydrogen) atoms. The van der Waals surface area contributed by atoms with Gasteiger partial charge >= 0.3 is 0 Å². The van der Waals surface area contributed by atoms with Crippen LogP contribution in [-0.4, -0.2) is 11.3 Å². The number of hydrogen-bond donors (Lipinski definition) is 0. The van der Waals surface area contributed by atoms with Gasteiger partial charge < -0.3 is 4.79 Å². The van der Waals surface area contributed by atoms with E-state index in [1.54, 1.807) is 11.3 Å². The molecule has 0 unspecified atom stereocenters. The molecule has 0 fully saturated rings. The summed E-state index contributed by atoms with van der Waals surface area (Å²) < 4.78 is 1.18. The minimum atomic E-state index is 0.454. The Morgan fingerprint density at radius 1 is 1.36 bits per heavy atom. The number of benzene rings is 1. The summed E-state index contributed by atoms with van der Waals surface area (Å²) in [6.07, 6.45) is 5.05. The number of nitrogens with zero attached hydrogens (tertiary/aromatic N) is 1. The van der Waals surface area contributed by atoms with Crippen molar-refractivity contribution in [1.29, 1.82) is 0 Å². The molecular formula is C11H9NOS. The predicted molar refractivity (Wildman–Crippen MR) is 59.3 cm³/mol. The van der Waals surface area contributed by atoms with Gasteiger partial charge in [-0.2, -0.15) is 0 Å². The molecule has 0 amide bonds. The summed E-state index contributed by atoms with van der Waals surface area (Å²) in [5.41, 5.74) is 1.02. The van der Waals surface area contributed by atoms with Crippen LogP contribution in [0, 0.1) is 0 Å². The smallest absolute Gasteiger partial charge is 0.123 e. The van der Waals surface area contributed by atoms with E-state index >= 15 is 0 Å². The van der Waals surface area contributed by atoms with Crippen molar-refractivity contribution in [3.8, 4) is 0 Å². The number of fused-ring (bicyclic) bond motifs is 1. The van der Waals surface area contributed by atoms with E-state index in [9.17, 15) is 4.79 Å². The Morgan fingerprint density at radius 3 is 3.00 bits per heavy atom. The number of para-hydroxylation sites is 1. The summed E-state index contributed by atoms with van der Waals surface area (Å²) in [6.45, 7) is 0. The first-order valence-electron chi connectivity index (χ1n) is 4.36. The molecule has 0 aliphatic rings. The van der Waals surface area contributed by atoms with Crippen LogP contribution in [0.5, 0.6) is 0 Å². The molecule has 1 aromatic carbocycles. The molecule has 0 saturated carbocycles. The first-order valence-corrected chi connectivity index (χ1v) is 5.17. The maximum absolute atomic E-state index is 10.1. The summed E-state index contributed by atoms with van der Waals surface area (Å²) >= 11 is 1.63. The van der Waals surface area contributed by atoms with Gasteiger partial charge in [-0.15, -0.1) is 11.3 Å². The lowest BCUT2D eigenvalue weighted by molar-refractivity contribution is -0.107. The Morgan fingerprint density at radius 2 is 2.21 bits per heavy atom. The number of rotatable bonds is 3. The highest BCUT2D eigenvalue weighted by Gasteiger charge is 1.98. The number of carbonyl (C=O) groups is 1. The summed E-state index contributed by atoms with van der Waals surface area (Å²) in [6, 6.07) is 8.01. The molecule has 0 radical (unpaired) electrons. The van der Waals surface area contributed by atoms with Crippen molar-refractivity contribution in [2.45, 2.75) is 6.42 Å². The largest absolute Gasteiger partial charge is 0.303 e. The van der Waals surface area contributed by atoms with E-state index in [0.717, 1.165) is 16.8 Å². The molecule has 2 rings (SSSR count). The van der Waals surface area contributed by atoms with Gasteiger partial charge in [0.25, 0.3) is 0 Å². The normalized spacial score (nSPS) is 11.1. The van der Waals surface area contributed by atoms with Gasteiger partial charge in [-0.1, -0.05) is 18.2 Å². The highest BCUT2D eigenvalue weighted by molar-refractivity contribution is 7.19. The van der Waals surface area contributed by atoms with Crippen LogP contribution >= 0.6 is 11.3 Å². The van der Waals surface area contributed by atoms with Crippen LogP contribution in [-0.2, 0) is 4.79 Å². The van der Waals surface area contributed by atoms with E-state index in [1.165, 1.54) is 4.70 Å². The highest BCUT2D eigenvalue weighted by atomic mass is 32.1. The molecule has 1 heterocycles. The molecule has 70 valence electrons. The van der Waals surface area contributed by atoms with E-state index < -0.39 is 0 Å². The fourth-order valence-electron chi connectivity index (χ4n) is 1.19. The van der Waals surface area contributed by atoms with Gasteiger partial charge in [0.1, 0.15) is 11.3 Å². The van der Waals surface area contributed by atoms with E-state index in [1.807, 2.05) is 36.4 Å². The molecule has 0 saturated heterocycles. The lowest BCUT2D eigenvalue weighted by Crippen LogP contribution is -1.69. The quantitative estimate of drug-likeness (QED) is 0.718. The average Bonchev–Trinajstić information content (AvgIpc) is 2.60. The van der Waals surface area contributed by atoms with Gasteiger partial charge in [-0.05, 0) is 18.2 Å². The zero-order valence-corrected chi connectivity index (χ0v) is 8.33. The van der Waals surface area contributed by atoms with E-state index in [-0.39, 0.29) is 0 Å². The third-order valence-electron chi connectivity index (χ3n) is 1.80. The van der Waals surface area contributed by atoms with E-state index in [2.05, 4.69) is 4.98 Å². The SMILES string of the molecule is O=CCC=Cc1nc2ccccc2s1. The fraction of sp³-hybridized carbons (Fsp3) is 0.0909. The van der Waals surface area contributed by atoms with Crippen molar-refractivity contribution in [2.75, 3.05) is 0 Å². The molecule has 0 N–H and O–H groups in total. The average molecular weight is 203 g/mol. The van der Waals surface area contributed by atoms with Crippen molar-refractivity contribution in [3.63, 3.8) is 0 Å². The van der Waals surface area contributed by atoms with Gasteiger partial charge in [0, 0.05) is 6.42 Å². The van der Waals surface area contributed by atoms with Crippen LogP contribution in [0.1, 0.15) is 11.4 Å². The van der Waals surface area contributed by atoms with E-state index in [4.69, 9.17) is 0 Å². The second-order valence-corrected chi connectivity index (χ2v) is 3.89. The number of hydrogen-bond acceptors (Lipinski definition) is 3. The minimum absolute atomic E-state index is 0.454. The predicted octanol–water partition coefficient (Wildman–Crippen LogP) is 2.90. The van der Waals surface area contributed by atoms with Crippen LogP contribution in [0.3, 0.4) is 0 Å². The van der Waals surface area contributed by atoms with Crippen LogP contribution in [0.15, 0.2) is 30.3 Å². The maximum atomic E-state index is 10.1. The molecule has 0 aliphatic carbocycles. The second-order valence-electron chi connectivity index (χ2n) is 2.82. The first-order chi connectivity index (χ1) is 6.90. The monoisotopic (exact) mass is 203 g/mol. The number of carbonyl (C=O) groups excluding carboxylic acids is 1. The van der Waals surface area contributed by atoms with Crippen LogP contribution in [0.4, 0.5) is 0 Å². The number of aromatic nitrogens is 1. The Hall–Kier alpha value is -1.48. The molecule has 0 aliphatic heterocycles. The molecule has 2 aromatic rings. The lowest BCUT2D eigenvalue weighted by atomic mass is 10.3. The summed E-state index contributed by atoms with van der Waals surface area (Å²) in [7, 11) is 0. The lowest BCUT2D eigenvalue weighted by Gasteiger charge is -1.80. The van der Waals surface area contributed by atoms with E-state index in [0.29, 0.717) is 6.42 Å². The molecule has 0 atom stereocenters. The van der Waals surface area contributed by atoms with Gasteiger partial charge in [0.15, 0.2) is 0 Å². The van der Waals surface area contributed by atoms with Crippen molar-refractivity contribution >= 4 is 33.9 Å². The van der Waals surface area contributed by atoms with Gasteiger partial charge in [0.05, 0.1) is 10.2 Å². The van der Waals surface area contributed by atoms with Crippen molar-refractivity contribution < 1.29 is 4.79 Å². The Balaban J connectivity index is 2.31. The topological polar surface area (TPSA) is 30.0 Å². The highest BCUT2D eigenvalue weighted by Crippen LogP contribution is 2.22. The van der Waals surface area contributed by atoms with Crippen LogP contribution < -0.4 is 0 Å². The molecule has 3 heteroatoms. The standard InChI is InChI=1S/C11H9NOS/c13-8-4-3-7-11-12-9-5-1-2-6-10(9)14-11/h1-3,5-8H,4H2. The van der Waals surface area contributed by atoms with Crippen LogP contribution in [0.2, 0.25) is 0 Å². The van der Waals surface area contributed by atoms with Gasteiger partial charge in [-0.25, -0.2) is 4.98 Å². The molecular weight excluding hydrogens is 194 g/mol. The summed E-state index contributed by atoms with van der Waals surface area (Å²) in [4.78, 5) is 14.5. The van der Waals surface area contributed by atoms with Crippen LogP contribution in [0.25, 0.3) is 16.3 Å². The minimum Gasteiger partial charge on any atom is -0.303 e. The van der Waals surface area contributed by atoms with Gasteiger partial charge in [0.2, 0.25) is 0 Å². The third kappa shape index (κ3) is 1.88. The zero-order valence-electron chi connectivity index (χ0n) is 7.51. The van der Waals surface area contributed by atoms with Crippen molar-refractivity contribution in [2.24, 2.45) is 0 Å². The Labute approximate surface area is 85.9 Å². The molecule has 1 aromatic heterocycles. The number of aldehydes is 1. The molecule has 0 bridgehead atoms. The van der Waals surface area contributed by atoms with Crippen molar-refractivity contribution in [3.05, 3.63) is 35.3 Å². The number of thiazole rings is 1. The second kappa shape index (κ2) is 4.15. The number of allylic oxidation sites excluding steroid dienone is 1. The fourth-order valence-corrected chi connectivity index (χ4v) is 2.08. The first kappa shape index (κ1) is 9.09. The Kier molecular flexibility index (Phi) is 2.70. The maximum Gasteiger partial charge on any atom is 0.123 e. The zero-order chi connectivity index (χ0) is 9.80. The third-order valence-corrected chi connectivity index (χ3v) is 2.80. The molecule has 2 nitrogen and oxygen atoms in total.